The Labute approximate surface area is 159 Å². The Bertz CT molecular complexity index is 1010. The van der Waals surface area contributed by atoms with Gasteiger partial charge in [0.15, 0.2) is 0 Å². The molecule has 8 heteroatoms. The van der Waals surface area contributed by atoms with Gasteiger partial charge < -0.3 is 9.88 Å². The van der Waals surface area contributed by atoms with Gasteiger partial charge in [0.25, 0.3) is 5.91 Å². The Hall–Kier alpha value is -3.16. The van der Waals surface area contributed by atoms with Crippen molar-refractivity contribution in [3.63, 3.8) is 0 Å². The normalized spacial score (nSPS) is 15.0. The maximum Gasteiger partial charge on any atom is 0.416 e. The molecule has 1 aliphatic heterocycles. The van der Waals surface area contributed by atoms with Crippen LogP contribution in [-0.4, -0.2) is 21.1 Å². The molecule has 0 aliphatic carbocycles. The summed E-state index contributed by atoms with van der Waals surface area (Å²) in [7, 11) is 0. The van der Waals surface area contributed by atoms with Crippen molar-refractivity contribution in [2.75, 3.05) is 4.90 Å². The van der Waals surface area contributed by atoms with Gasteiger partial charge in [0.05, 0.1) is 12.1 Å². The minimum atomic E-state index is -4.49. The largest absolute Gasteiger partial charge is 0.416 e. The molecule has 0 spiro atoms. The van der Waals surface area contributed by atoms with E-state index in [-0.39, 0.29) is 23.6 Å². The summed E-state index contributed by atoms with van der Waals surface area (Å²) in [4.78, 5) is 17.1. The second-order valence-corrected chi connectivity index (χ2v) is 6.86. The number of benzene rings is 2. The van der Waals surface area contributed by atoms with Crippen LogP contribution in [-0.2, 0) is 19.1 Å². The van der Waals surface area contributed by atoms with Crippen LogP contribution in [0.1, 0.15) is 45.7 Å². The fourth-order valence-corrected chi connectivity index (χ4v) is 3.54. The third-order valence-corrected chi connectivity index (χ3v) is 4.99. The number of fused-ring (bicyclic) bond motifs is 1. The highest BCUT2D eigenvalue weighted by atomic mass is 19.4. The van der Waals surface area contributed by atoms with E-state index < -0.39 is 17.6 Å². The number of rotatable bonds is 4. The molecule has 4 rings (SSSR count). The molecule has 5 nitrogen and oxygen atoms in total. The van der Waals surface area contributed by atoms with Crippen LogP contribution >= 0.6 is 0 Å². The van der Waals surface area contributed by atoms with Crippen LogP contribution in [0, 0.1) is 0 Å². The fourth-order valence-electron chi connectivity index (χ4n) is 3.54. The Morgan fingerprint density at radius 1 is 1.21 bits per heavy atom. The Kier molecular flexibility index (Phi) is 4.41. The van der Waals surface area contributed by atoms with Crippen molar-refractivity contribution in [1.82, 2.24) is 15.2 Å². The minimum absolute atomic E-state index is 0.0279. The van der Waals surface area contributed by atoms with Gasteiger partial charge in [-0.25, -0.2) is 0 Å². The number of aromatic amines is 1. The summed E-state index contributed by atoms with van der Waals surface area (Å²) in [5, 5.41) is 7.74. The van der Waals surface area contributed by atoms with Gasteiger partial charge in [0.2, 0.25) is 0 Å². The SMILES string of the molecule is C[C@H](Cc1nnc[nH]1)c1cccc(N2Cc3c(cccc3C(F)(F)F)C2=O)c1. The second-order valence-electron chi connectivity index (χ2n) is 6.86. The molecule has 1 N–H and O–H groups in total. The van der Waals surface area contributed by atoms with E-state index in [1.807, 2.05) is 25.1 Å². The van der Waals surface area contributed by atoms with E-state index in [1.54, 1.807) is 6.07 Å². The van der Waals surface area contributed by atoms with Gasteiger partial charge >= 0.3 is 6.18 Å². The lowest BCUT2D eigenvalue weighted by Crippen LogP contribution is -2.23. The third-order valence-electron chi connectivity index (χ3n) is 4.99. The van der Waals surface area contributed by atoms with Crippen molar-refractivity contribution in [3.8, 4) is 0 Å². The summed E-state index contributed by atoms with van der Waals surface area (Å²) in [6, 6.07) is 11.1. The van der Waals surface area contributed by atoms with Gasteiger partial charge in [-0.05, 0) is 41.3 Å². The molecule has 2 heterocycles. The van der Waals surface area contributed by atoms with E-state index in [2.05, 4.69) is 15.2 Å². The van der Waals surface area contributed by atoms with Gasteiger partial charge in [-0.3, -0.25) is 4.79 Å². The molecule has 0 saturated heterocycles. The first kappa shape index (κ1) is 18.2. The quantitative estimate of drug-likeness (QED) is 0.726. The maximum atomic E-state index is 13.3. The molecule has 28 heavy (non-hydrogen) atoms. The van der Waals surface area contributed by atoms with Crippen molar-refractivity contribution in [3.05, 3.63) is 76.9 Å². The summed E-state index contributed by atoms with van der Waals surface area (Å²) in [5.41, 5.74) is 0.927. The molecular formula is C20H17F3N4O. The molecule has 1 aromatic heterocycles. The molecule has 0 radical (unpaired) electrons. The summed E-state index contributed by atoms with van der Waals surface area (Å²) in [6.07, 6.45) is -2.35. The number of carbonyl (C=O) groups excluding carboxylic acids is 1. The monoisotopic (exact) mass is 386 g/mol. The number of aromatic nitrogens is 3. The molecule has 0 saturated carbocycles. The number of carbonyl (C=O) groups is 1. The van der Waals surface area contributed by atoms with Crippen LogP contribution in [0.4, 0.5) is 18.9 Å². The van der Waals surface area contributed by atoms with Gasteiger partial charge in [-0.1, -0.05) is 25.1 Å². The molecule has 0 bridgehead atoms. The molecule has 2 aromatic carbocycles. The lowest BCUT2D eigenvalue weighted by atomic mass is 9.97. The van der Waals surface area contributed by atoms with Crippen LogP contribution in [0.5, 0.6) is 0 Å². The molecule has 3 aromatic rings. The smallest absolute Gasteiger partial charge is 0.332 e. The van der Waals surface area contributed by atoms with E-state index >= 15 is 0 Å². The number of hydrogen-bond donors (Lipinski definition) is 1. The molecule has 1 atom stereocenters. The van der Waals surface area contributed by atoms with Crippen LogP contribution in [0.15, 0.2) is 48.8 Å². The number of H-pyrrole nitrogens is 1. The average molecular weight is 386 g/mol. The zero-order valence-electron chi connectivity index (χ0n) is 15.0. The molecule has 0 unspecified atom stereocenters. The maximum absolute atomic E-state index is 13.3. The lowest BCUT2D eigenvalue weighted by Gasteiger charge is -2.19. The van der Waals surface area contributed by atoms with Gasteiger partial charge in [-0.2, -0.15) is 13.2 Å². The van der Waals surface area contributed by atoms with Crippen molar-refractivity contribution in [1.29, 1.82) is 0 Å². The van der Waals surface area contributed by atoms with Gasteiger partial charge in [0.1, 0.15) is 12.2 Å². The number of nitrogens with one attached hydrogen (secondary N) is 1. The molecule has 144 valence electrons. The Morgan fingerprint density at radius 2 is 2.00 bits per heavy atom. The summed E-state index contributed by atoms with van der Waals surface area (Å²) >= 11 is 0. The summed E-state index contributed by atoms with van der Waals surface area (Å²) in [6.45, 7) is 1.92. The minimum Gasteiger partial charge on any atom is -0.332 e. The standard InChI is InChI=1S/C20H17F3N4O/c1-12(8-18-24-11-25-26-18)13-4-2-5-14(9-13)27-10-16-15(19(27)28)6-3-7-17(16)20(21,22)23/h2-7,9,11-12H,8,10H2,1H3,(H,24,25,26)/t12-/m1/s1. The first-order chi connectivity index (χ1) is 13.3. The number of alkyl halides is 3. The van der Waals surface area contributed by atoms with E-state index in [4.69, 9.17) is 0 Å². The number of amides is 1. The number of anilines is 1. The molecular weight excluding hydrogens is 369 g/mol. The lowest BCUT2D eigenvalue weighted by molar-refractivity contribution is -0.138. The highest BCUT2D eigenvalue weighted by Crippen LogP contribution is 2.38. The number of hydrogen-bond acceptors (Lipinski definition) is 3. The zero-order chi connectivity index (χ0) is 19.9. The third kappa shape index (κ3) is 3.26. The summed E-state index contributed by atoms with van der Waals surface area (Å²) < 4.78 is 39.9. The number of nitrogens with zero attached hydrogens (tertiary/aromatic N) is 3. The predicted octanol–water partition coefficient (Wildman–Crippen LogP) is 4.33. The van der Waals surface area contributed by atoms with Crippen molar-refractivity contribution < 1.29 is 18.0 Å². The van der Waals surface area contributed by atoms with Crippen molar-refractivity contribution >= 4 is 11.6 Å². The number of halogens is 3. The zero-order valence-corrected chi connectivity index (χ0v) is 15.0. The topological polar surface area (TPSA) is 61.9 Å². The molecule has 1 aliphatic rings. The van der Waals surface area contributed by atoms with Gasteiger partial charge in [-0.15, -0.1) is 10.2 Å². The van der Waals surface area contributed by atoms with Crippen molar-refractivity contribution in [2.24, 2.45) is 0 Å². The van der Waals surface area contributed by atoms with E-state index in [9.17, 15) is 18.0 Å². The summed E-state index contributed by atoms with van der Waals surface area (Å²) in [5.74, 6) is 0.428. The van der Waals surface area contributed by atoms with Crippen LogP contribution in [0.3, 0.4) is 0 Å². The Morgan fingerprint density at radius 3 is 2.71 bits per heavy atom. The van der Waals surface area contributed by atoms with Crippen LogP contribution < -0.4 is 4.90 Å². The van der Waals surface area contributed by atoms with E-state index in [0.717, 1.165) is 17.5 Å². The first-order valence-electron chi connectivity index (χ1n) is 8.80. The van der Waals surface area contributed by atoms with Crippen LogP contribution in [0.2, 0.25) is 0 Å². The van der Waals surface area contributed by atoms with E-state index in [1.165, 1.54) is 23.4 Å². The predicted molar refractivity (Wildman–Crippen MR) is 96.9 cm³/mol. The fraction of sp³-hybridized carbons (Fsp3) is 0.250. The van der Waals surface area contributed by atoms with E-state index in [0.29, 0.717) is 12.1 Å². The molecule has 1 amide bonds. The second kappa shape index (κ2) is 6.78. The average Bonchev–Trinajstić information content (AvgIpc) is 3.29. The van der Waals surface area contributed by atoms with Crippen molar-refractivity contribution in [2.45, 2.75) is 32.0 Å². The molecule has 0 fully saturated rings. The Balaban J connectivity index is 1.63. The van der Waals surface area contributed by atoms with Gasteiger partial charge in [0, 0.05) is 17.7 Å². The highest BCUT2D eigenvalue weighted by Gasteiger charge is 2.39. The first-order valence-corrected chi connectivity index (χ1v) is 8.80. The van der Waals surface area contributed by atoms with Crippen LogP contribution in [0.25, 0.3) is 0 Å². The highest BCUT2D eigenvalue weighted by molar-refractivity contribution is 6.10.